The predicted octanol–water partition coefficient (Wildman–Crippen LogP) is 3.10. The Bertz CT molecular complexity index is 412. The second-order valence-electron chi connectivity index (χ2n) is 3.87. The van der Waals surface area contributed by atoms with Crippen LogP contribution in [0.4, 0.5) is 0 Å². The van der Waals surface area contributed by atoms with Crippen LogP contribution in [-0.4, -0.2) is 11.2 Å². The molecule has 0 aliphatic carbocycles. The van der Waals surface area contributed by atoms with Crippen molar-refractivity contribution in [3.8, 4) is 0 Å². The van der Waals surface area contributed by atoms with Gasteiger partial charge in [0, 0.05) is 9.92 Å². The molecular weight excluding hydrogens is 279 g/mol. The molecule has 0 bridgehead atoms. The molecule has 1 aromatic rings. The van der Waals surface area contributed by atoms with E-state index < -0.39 is 0 Å². The minimum absolute atomic E-state index is 0.138. The van der Waals surface area contributed by atoms with E-state index in [0.29, 0.717) is 10.0 Å². The summed E-state index contributed by atoms with van der Waals surface area (Å²) in [4.78, 5) is 12.4. The van der Waals surface area contributed by atoms with Crippen molar-refractivity contribution in [1.29, 1.82) is 0 Å². The maximum atomic E-state index is 11.6. The summed E-state index contributed by atoms with van der Waals surface area (Å²) in [5, 5.41) is 0.874. The molecule has 1 unspecified atom stereocenters. The lowest BCUT2D eigenvalue weighted by Gasteiger charge is -2.19. The van der Waals surface area contributed by atoms with E-state index in [1.54, 1.807) is 18.2 Å². The van der Waals surface area contributed by atoms with Crippen LogP contribution >= 0.6 is 35.0 Å². The van der Waals surface area contributed by atoms with Gasteiger partial charge in [0.1, 0.15) is 0 Å². The predicted molar refractivity (Wildman–Crippen MR) is 73.3 cm³/mol. The average Bonchev–Trinajstić information content (AvgIpc) is 2.28. The summed E-state index contributed by atoms with van der Waals surface area (Å²) >= 11 is 13.3. The number of nitrogens with two attached hydrogens (primary N) is 1. The Morgan fingerprint density at radius 2 is 2.06 bits per heavy atom. The quantitative estimate of drug-likeness (QED) is 0.388. The number of benzene rings is 1. The Balaban J connectivity index is 2.93. The van der Waals surface area contributed by atoms with Gasteiger partial charge < -0.3 is 0 Å². The van der Waals surface area contributed by atoms with Crippen molar-refractivity contribution in [2.75, 3.05) is 0 Å². The molecule has 17 heavy (non-hydrogen) atoms. The van der Waals surface area contributed by atoms with Crippen LogP contribution in [0, 0.1) is 5.92 Å². The van der Waals surface area contributed by atoms with E-state index in [-0.39, 0.29) is 17.1 Å². The summed E-state index contributed by atoms with van der Waals surface area (Å²) in [5.41, 5.74) is 2.16. The van der Waals surface area contributed by atoms with Crippen molar-refractivity contribution < 1.29 is 4.79 Å². The first-order valence-electron chi connectivity index (χ1n) is 5.08. The lowest BCUT2D eigenvalue weighted by atomic mass is 10.1. The average molecular weight is 293 g/mol. The molecule has 1 atom stereocenters. The fraction of sp³-hybridized carbons (Fsp3) is 0.364. The minimum atomic E-state index is -0.295. The van der Waals surface area contributed by atoms with E-state index >= 15 is 0 Å². The van der Waals surface area contributed by atoms with Crippen LogP contribution in [0.3, 0.4) is 0 Å². The van der Waals surface area contributed by atoms with Gasteiger partial charge in [0.15, 0.2) is 0 Å². The largest absolute Gasteiger partial charge is 0.293 e. The molecular formula is C11H14Cl2N2OS. The Labute approximate surface area is 115 Å². The highest BCUT2D eigenvalue weighted by molar-refractivity contribution is 8.00. The molecule has 0 radical (unpaired) electrons. The molecule has 0 aliphatic rings. The highest BCUT2D eigenvalue weighted by atomic mass is 35.5. The molecule has 0 fully saturated rings. The van der Waals surface area contributed by atoms with Gasteiger partial charge in [-0.1, -0.05) is 37.0 Å². The monoisotopic (exact) mass is 292 g/mol. The molecule has 0 heterocycles. The van der Waals surface area contributed by atoms with Crippen LogP contribution in [0.1, 0.15) is 13.8 Å². The summed E-state index contributed by atoms with van der Waals surface area (Å²) in [6.07, 6.45) is 0. The van der Waals surface area contributed by atoms with Gasteiger partial charge in [-0.15, -0.1) is 11.8 Å². The lowest BCUT2D eigenvalue weighted by Crippen LogP contribution is -2.39. The maximum absolute atomic E-state index is 11.6. The number of carbonyl (C=O) groups is 1. The fourth-order valence-electron chi connectivity index (χ4n) is 1.28. The van der Waals surface area contributed by atoms with Gasteiger partial charge in [-0.2, -0.15) is 0 Å². The topological polar surface area (TPSA) is 55.1 Å². The first kappa shape index (κ1) is 14.6. The molecule has 94 valence electrons. The maximum Gasteiger partial charge on any atom is 0.247 e. The minimum Gasteiger partial charge on any atom is -0.293 e. The number of hydrazine groups is 1. The van der Waals surface area contributed by atoms with Crippen LogP contribution in [-0.2, 0) is 4.79 Å². The van der Waals surface area contributed by atoms with Gasteiger partial charge in [-0.3, -0.25) is 10.2 Å². The number of carbonyl (C=O) groups excluding carboxylic acids is 1. The highest BCUT2D eigenvalue weighted by Crippen LogP contribution is 2.35. The standard InChI is InChI=1S/C11H14Cl2N2OS/c1-6(2)10(11(16)15-14)17-9-5-7(12)3-4-8(9)13/h3-6,10H,14H2,1-2H3,(H,15,16). The molecule has 0 saturated carbocycles. The van der Waals surface area contributed by atoms with Crippen LogP contribution in [0.2, 0.25) is 10.0 Å². The van der Waals surface area contributed by atoms with E-state index in [0.717, 1.165) is 4.90 Å². The number of hydrogen-bond acceptors (Lipinski definition) is 3. The number of rotatable bonds is 4. The van der Waals surface area contributed by atoms with Gasteiger partial charge in [-0.05, 0) is 24.1 Å². The van der Waals surface area contributed by atoms with E-state index in [1.165, 1.54) is 11.8 Å². The van der Waals surface area contributed by atoms with Crippen molar-refractivity contribution >= 4 is 40.9 Å². The number of halogens is 2. The Morgan fingerprint density at radius 3 is 2.59 bits per heavy atom. The Hall–Kier alpha value is -0.420. The SMILES string of the molecule is CC(C)C(Sc1cc(Cl)ccc1Cl)C(=O)NN. The fourth-order valence-corrected chi connectivity index (χ4v) is 2.86. The van der Waals surface area contributed by atoms with E-state index in [1.807, 2.05) is 13.8 Å². The molecule has 0 aromatic heterocycles. The van der Waals surface area contributed by atoms with Gasteiger partial charge >= 0.3 is 0 Å². The second kappa shape index (κ2) is 6.50. The molecule has 1 rings (SSSR count). The van der Waals surface area contributed by atoms with E-state index in [2.05, 4.69) is 5.43 Å². The van der Waals surface area contributed by atoms with Crippen molar-refractivity contribution in [3.05, 3.63) is 28.2 Å². The molecule has 0 aliphatic heterocycles. The van der Waals surface area contributed by atoms with Crippen LogP contribution in [0.15, 0.2) is 23.1 Å². The number of thioether (sulfide) groups is 1. The van der Waals surface area contributed by atoms with Crippen LogP contribution in [0.25, 0.3) is 0 Å². The smallest absolute Gasteiger partial charge is 0.247 e. The molecule has 0 spiro atoms. The summed E-state index contributed by atoms with van der Waals surface area (Å²) < 4.78 is 0. The molecule has 6 heteroatoms. The molecule has 3 nitrogen and oxygen atoms in total. The number of hydrogen-bond donors (Lipinski definition) is 2. The van der Waals surface area contributed by atoms with Crippen molar-refractivity contribution in [1.82, 2.24) is 5.43 Å². The van der Waals surface area contributed by atoms with Crippen molar-refractivity contribution in [3.63, 3.8) is 0 Å². The Kier molecular flexibility index (Phi) is 5.59. The number of nitrogens with one attached hydrogen (secondary N) is 1. The second-order valence-corrected chi connectivity index (χ2v) is 5.89. The van der Waals surface area contributed by atoms with Gasteiger partial charge in [0.05, 0.1) is 10.3 Å². The third kappa shape index (κ3) is 4.07. The Morgan fingerprint density at radius 1 is 1.41 bits per heavy atom. The van der Waals surface area contributed by atoms with Crippen molar-refractivity contribution in [2.45, 2.75) is 24.0 Å². The molecule has 0 saturated heterocycles. The van der Waals surface area contributed by atoms with Crippen LogP contribution < -0.4 is 11.3 Å². The zero-order chi connectivity index (χ0) is 13.0. The van der Waals surface area contributed by atoms with Crippen molar-refractivity contribution in [2.24, 2.45) is 11.8 Å². The van der Waals surface area contributed by atoms with Gasteiger partial charge in [0.25, 0.3) is 0 Å². The lowest BCUT2D eigenvalue weighted by molar-refractivity contribution is -0.121. The zero-order valence-corrected chi connectivity index (χ0v) is 11.9. The normalized spacial score (nSPS) is 12.6. The summed E-state index contributed by atoms with van der Waals surface area (Å²) in [5.74, 6) is 5.08. The summed E-state index contributed by atoms with van der Waals surface area (Å²) in [6, 6.07) is 5.17. The molecule has 3 N–H and O–H groups in total. The summed E-state index contributed by atoms with van der Waals surface area (Å²) in [6.45, 7) is 3.90. The first-order chi connectivity index (χ1) is 7.95. The van der Waals surface area contributed by atoms with Crippen LogP contribution in [0.5, 0.6) is 0 Å². The third-order valence-corrected chi connectivity index (χ3v) is 4.43. The van der Waals surface area contributed by atoms with Gasteiger partial charge in [0.2, 0.25) is 5.91 Å². The van der Waals surface area contributed by atoms with E-state index in [4.69, 9.17) is 29.0 Å². The zero-order valence-electron chi connectivity index (χ0n) is 9.54. The highest BCUT2D eigenvalue weighted by Gasteiger charge is 2.23. The third-order valence-electron chi connectivity index (χ3n) is 2.15. The molecule has 1 aromatic carbocycles. The number of amides is 1. The van der Waals surface area contributed by atoms with E-state index in [9.17, 15) is 4.79 Å². The van der Waals surface area contributed by atoms with Gasteiger partial charge in [-0.25, -0.2) is 5.84 Å². The molecule has 1 amide bonds. The summed E-state index contributed by atoms with van der Waals surface area (Å²) in [7, 11) is 0. The first-order valence-corrected chi connectivity index (χ1v) is 6.71.